The fourth-order valence-electron chi connectivity index (χ4n) is 3.46. The van der Waals surface area contributed by atoms with Gasteiger partial charge in [-0.2, -0.15) is 0 Å². The molecule has 3 N–H and O–H groups in total. The van der Waals surface area contributed by atoms with E-state index in [0.29, 0.717) is 30.2 Å². The molecular weight excluding hydrogens is 358 g/mol. The van der Waals surface area contributed by atoms with Gasteiger partial charge in [-0.3, -0.25) is 4.79 Å². The third kappa shape index (κ3) is 3.26. The van der Waals surface area contributed by atoms with Gasteiger partial charge < -0.3 is 24.9 Å². The van der Waals surface area contributed by atoms with Crippen LogP contribution in [0.5, 0.6) is 17.2 Å². The number of nitrogens with zero attached hydrogens (tertiary/aromatic N) is 1. The van der Waals surface area contributed by atoms with Crippen molar-refractivity contribution in [2.45, 2.75) is 12.3 Å². The van der Waals surface area contributed by atoms with Crippen LogP contribution in [0.2, 0.25) is 0 Å². The number of aromatic amines is 1. The van der Waals surface area contributed by atoms with Gasteiger partial charge in [-0.05, 0) is 42.3 Å². The van der Waals surface area contributed by atoms with Gasteiger partial charge >= 0.3 is 0 Å². The van der Waals surface area contributed by atoms with Crippen molar-refractivity contribution in [3.8, 4) is 28.6 Å². The van der Waals surface area contributed by atoms with Gasteiger partial charge in [0, 0.05) is 23.7 Å². The Kier molecular flexibility index (Phi) is 4.65. The SMILES string of the molecule is COc1cccc(C2CNC(=O)c3nc(-c4ccc(O)c(OC)c4)[nH]c3C2)c1. The lowest BCUT2D eigenvalue weighted by molar-refractivity contribution is 0.0950. The lowest BCUT2D eigenvalue weighted by Crippen LogP contribution is -2.26. The van der Waals surface area contributed by atoms with Crippen LogP contribution in [0, 0.1) is 0 Å². The average Bonchev–Trinajstić information content (AvgIpc) is 3.08. The van der Waals surface area contributed by atoms with Gasteiger partial charge in [0.05, 0.1) is 14.2 Å². The van der Waals surface area contributed by atoms with Gasteiger partial charge in [0.2, 0.25) is 0 Å². The second-order valence-corrected chi connectivity index (χ2v) is 6.69. The van der Waals surface area contributed by atoms with Crippen LogP contribution in [0.15, 0.2) is 42.5 Å². The molecule has 144 valence electrons. The van der Waals surface area contributed by atoms with E-state index in [0.717, 1.165) is 22.6 Å². The molecule has 0 aliphatic carbocycles. The molecule has 7 nitrogen and oxygen atoms in total. The van der Waals surface area contributed by atoms with Crippen LogP contribution < -0.4 is 14.8 Å². The summed E-state index contributed by atoms with van der Waals surface area (Å²) in [5.41, 5.74) is 3.00. The maximum Gasteiger partial charge on any atom is 0.271 e. The lowest BCUT2D eigenvalue weighted by Gasteiger charge is -2.15. The van der Waals surface area contributed by atoms with Gasteiger partial charge in [0.25, 0.3) is 5.91 Å². The maximum absolute atomic E-state index is 12.5. The number of nitrogens with one attached hydrogen (secondary N) is 2. The molecule has 1 aliphatic heterocycles. The van der Waals surface area contributed by atoms with E-state index in [1.165, 1.54) is 7.11 Å². The highest BCUT2D eigenvalue weighted by Crippen LogP contribution is 2.32. The molecule has 4 rings (SSSR count). The Morgan fingerprint density at radius 3 is 2.79 bits per heavy atom. The molecule has 3 aromatic rings. The number of phenols is 1. The zero-order valence-corrected chi connectivity index (χ0v) is 15.7. The van der Waals surface area contributed by atoms with Gasteiger partial charge in [0.15, 0.2) is 11.5 Å². The monoisotopic (exact) mass is 379 g/mol. The highest BCUT2D eigenvalue weighted by atomic mass is 16.5. The van der Waals surface area contributed by atoms with Gasteiger partial charge in [-0.25, -0.2) is 4.98 Å². The minimum Gasteiger partial charge on any atom is -0.504 e. The number of amides is 1. The quantitative estimate of drug-likeness (QED) is 0.648. The molecule has 1 atom stereocenters. The molecule has 2 heterocycles. The smallest absolute Gasteiger partial charge is 0.271 e. The van der Waals surface area contributed by atoms with Crippen molar-refractivity contribution in [1.29, 1.82) is 0 Å². The van der Waals surface area contributed by atoms with Crippen LogP contribution in [-0.4, -0.2) is 41.7 Å². The van der Waals surface area contributed by atoms with Crippen LogP contribution in [0.3, 0.4) is 0 Å². The first-order valence-corrected chi connectivity index (χ1v) is 8.97. The van der Waals surface area contributed by atoms with E-state index in [1.54, 1.807) is 25.3 Å². The van der Waals surface area contributed by atoms with Crippen molar-refractivity contribution < 1.29 is 19.4 Å². The van der Waals surface area contributed by atoms with E-state index in [2.05, 4.69) is 15.3 Å². The Morgan fingerprint density at radius 1 is 1.14 bits per heavy atom. The van der Waals surface area contributed by atoms with Crippen molar-refractivity contribution in [2.75, 3.05) is 20.8 Å². The largest absolute Gasteiger partial charge is 0.504 e. The molecule has 1 amide bonds. The molecule has 28 heavy (non-hydrogen) atoms. The molecular formula is C21H21N3O4. The van der Waals surface area contributed by atoms with Crippen LogP contribution >= 0.6 is 0 Å². The number of hydrogen-bond donors (Lipinski definition) is 3. The summed E-state index contributed by atoms with van der Waals surface area (Å²) in [4.78, 5) is 20.3. The van der Waals surface area contributed by atoms with Crippen LogP contribution in [0.25, 0.3) is 11.4 Å². The molecule has 1 unspecified atom stereocenters. The first kappa shape index (κ1) is 17.9. The summed E-state index contributed by atoms with van der Waals surface area (Å²) in [6.07, 6.45) is 0.642. The number of benzene rings is 2. The molecule has 0 saturated heterocycles. The number of aromatic hydroxyl groups is 1. The standard InChI is InChI=1S/C21H21N3O4/c1-27-15-5-3-4-12(8-15)14-9-16-19(21(26)22-11-14)24-20(23-16)13-6-7-17(25)18(10-13)28-2/h3-8,10,14,25H,9,11H2,1-2H3,(H,22,26)(H,23,24). The fraction of sp³-hybridized carbons (Fsp3) is 0.238. The van der Waals surface area contributed by atoms with E-state index in [9.17, 15) is 9.90 Å². The highest BCUT2D eigenvalue weighted by Gasteiger charge is 2.27. The molecule has 7 heteroatoms. The number of phenolic OH excluding ortho intramolecular Hbond substituents is 1. The topological polar surface area (TPSA) is 96.5 Å². The van der Waals surface area contributed by atoms with E-state index in [-0.39, 0.29) is 17.6 Å². The van der Waals surface area contributed by atoms with Gasteiger partial charge in [0.1, 0.15) is 17.3 Å². The van der Waals surface area contributed by atoms with Gasteiger partial charge in [-0.1, -0.05) is 12.1 Å². The summed E-state index contributed by atoms with van der Waals surface area (Å²) in [5.74, 6) is 1.65. The molecule has 0 bridgehead atoms. The molecule has 0 saturated carbocycles. The summed E-state index contributed by atoms with van der Waals surface area (Å²) < 4.78 is 10.5. The molecule has 0 radical (unpaired) electrons. The zero-order chi connectivity index (χ0) is 19.7. The summed E-state index contributed by atoms with van der Waals surface area (Å²) >= 11 is 0. The fourth-order valence-corrected chi connectivity index (χ4v) is 3.46. The Morgan fingerprint density at radius 2 is 2.00 bits per heavy atom. The number of methoxy groups -OCH3 is 2. The molecule has 2 aromatic carbocycles. The van der Waals surface area contributed by atoms with Crippen molar-refractivity contribution in [1.82, 2.24) is 15.3 Å². The number of fused-ring (bicyclic) bond motifs is 1. The molecule has 1 aromatic heterocycles. The minimum atomic E-state index is -0.200. The van der Waals surface area contributed by atoms with E-state index >= 15 is 0 Å². The molecule has 0 spiro atoms. The number of hydrogen-bond acceptors (Lipinski definition) is 5. The van der Waals surface area contributed by atoms with Gasteiger partial charge in [-0.15, -0.1) is 0 Å². The predicted molar refractivity (Wildman–Crippen MR) is 104 cm³/mol. The lowest BCUT2D eigenvalue weighted by atomic mass is 9.94. The number of ether oxygens (including phenoxy) is 2. The maximum atomic E-state index is 12.5. The summed E-state index contributed by atoms with van der Waals surface area (Å²) in [6.45, 7) is 0.526. The summed E-state index contributed by atoms with van der Waals surface area (Å²) in [6, 6.07) is 12.8. The Hall–Kier alpha value is -3.48. The first-order chi connectivity index (χ1) is 13.6. The Bertz CT molecular complexity index is 1030. The van der Waals surface area contributed by atoms with Crippen molar-refractivity contribution in [3.05, 3.63) is 59.4 Å². The zero-order valence-electron chi connectivity index (χ0n) is 15.7. The minimum absolute atomic E-state index is 0.0511. The first-order valence-electron chi connectivity index (χ1n) is 8.97. The van der Waals surface area contributed by atoms with Crippen LogP contribution in [0.4, 0.5) is 0 Å². The number of H-pyrrole nitrogens is 1. The van der Waals surface area contributed by atoms with E-state index in [1.807, 2.05) is 24.3 Å². The molecule has 0 fully saturated rings. The van der Waals surface area contributed by atoms with E-state index in [4.69, 9.17) is 9.47 Å². The normalized spacial score (nSPS) is 16.1. The van der Waals surface area contributed by atoms with Crippen LogP contribution in [-0.2, 0) is 6.42 Å². The predicted octanol–water partition coefficient (Wildman–Crippen LogP) is 2.87. The second kappa shape index (κ2) is 7.26. The number of carbonyl (C=O) groups excluding carboxylic acids is 1. The second-order valence-electron chi connectivity index (χ2n) is 6.69. The number of aromatic nitrogens is 2. The van der Waals surface area contributed by atoms with Crippen LogP contribution in [0.1, 0.15) is 27.7 Å². The number of carbonyl (C=O) groups is 1. The highest BCUT2D eigenvalue weighted by molar-refractivity contribution is 5.94. The van der Waals surface area contributed by atoms with Crippen molar-refractivity contribution >= 4 is 5.91 Å². The van der Waals surface area contributed by atoms with Crippen molar-refractivity contribution in [2.24, 2.45) is 0 Å². The van der Waals surface area contributed by atoms with Crippen molar-refractivity contribution in [3.63, 3.8) is 0 Å². The number of imidazole rings is 1. The van der Waals surface area contributed by atoms with E-state index < -0.39 is 0 Å². The average molecular weight is 379 g/mol. The Balaban J connectivity index is 1.69. The third-order valence-electron chi connectivity index (χ3n) is 4.97. The summed E-state index contributed by atoms with van der Waals surface area (Å²) in [7, 11) is 3.13. The number of rotatable bonds is 4. The Labute approximate surface area is 162 Å². The summed E-state index contributed by atoms with van der Waals surface area (Å²) in [5, 5.41) is 12.8. The third-order valence-corrected chi connectivity index (χ3v) is 4.97. The molecule has 1 aliphatic rings.